The van der Waals surface area contributed by atoms with Crippen LogP contribution >= 0.6 is 0 Å². The van der Waals surface area contributed by atoms with E-state index in [9.17, 15) is 35.4 Å². The summed E-state index contributed by atoms with van der Waals surface area (Å²) < 4.78 is 6.35. The fourth-order valence-corrected chi connectivity index (χ4v) is 21.8. The monoisotopic (exact) mass is 996 g/mol. The molecule has 21 atom stereocenters. The summed E-state index contributed by atoms with van der Waals surface area (Å²) in [5, 5.41) is 85.4. The van der Waals surface area contributed by atoms with E-state index in [4.69, 9.17) is 4.74 Å². The van der Waals surface area contributed by atoms with Crippen LogP contribution < -0.4 is 5.32 Å². The van der Waals surface area contributed by atoms with E-state index >= 15 is 4.79 Å². The fourth-order valence-electron chi connectivity index (χ4n) is 21.8. The molecular weight excluding hydrogens is 915 g/mol. The van der Waals surface area contributed by atoms with Crippen molar-refractivity contribution in [3.63, 3.8) is 0 Å². The first-order valence-electron chi connectivity index (χ1n) is 29.1. The average molecular weight is 996 g/mol. The van der Waals surface area contributed by atoms with Gasteiger partial charge in [-0.1, -0.05) is 86.9 Å². The fraction of sp³-hybridized carbons (Fsp3) is 0.714. The third-order valence-electron chi connectivity index (χ3n) is 24.8. The number of benzene rings is 2. The molecule has 4 bridgehead atoms. The minimum Gasteiger partial charge on any atom is -0.454 e. The molecule has 2 aromatic rings. The lowest BCUT2D eigenvalue weighted by Crippen LogP contribution is -2.86. The number of hydrogen-bond donors (Lipinski definition) is 7. The second-order valence-corrected chi connectivity index (χ2v) is 26.6. The van der Waals surface area contributed by atoms with Crippen molar-refractivity contribution in [2.45, 2.75) is 189 Å². The Balaban J connectivity index is 0.971. The van der Waals surface area contributed by atoms with E-state index in [-0.39, 0.29) is 67.4 Å². The molecule has 2 spiro atoms. The molecule has 0 radical (unpaired) electrons. The molecule has 10 nitrogen and oxygen atoms in total. The van der Waals surface area contributed by atoms with Crippen LogP contribution in [-0.2, 0) is 27.4 Å². The number of nitrogens with one attached hydrogen (secondary N) is 1. The number of fused-ring (bicyclic) bond motifs is 8. The van der Waals surface area contributed by atoms with Crippen molar-refractivity contribution in [3.05, 3.63) is 82.4 Å². The molecule has 1 heterocycles. The first kappa shape index (κ1) is 49.2. The van der Waals surface area contributed by atoms with Crippen LogP contribution in [0.4, 0.5) is 0 Å². The van der Waals surface area contributed by atoms with E-state index in [0.29, 0.717) is 62.7 Å². The van der Waals surface area contributed by atoms with Crippen LogP contribution in [0.25, 0.3) is 0 Å². The molecule has 12 aliphatic rings. The Kier molecular flexibility index (Phi) is 11.8. The molecule has 0 amide bonds. The number of likely N-dealkylation sites (N-methyl/N-ethyl adjacent to an activating group) is 1. The number of aldehydes is 1. The van der Waals surface area contributed by atoms with Gasteiger partial charge in [-0.05, 0) is 179 Å². The highest BCUT2D eigenvalue weighted by Crippen LogP contribution is 2.80. The molecule has 9 saturated carbocycles. The molecule has 1 aliphatic heterocycles. The largest absolute Gasteiger partial charge is 0.454 e. The maximum absolute atomic E-state index is 15.3. The zero-order valence-electron chi connectivity index (χ0n) is 43.3. The SMILES string of the molecule is CNC1Cc2c(cccc2CO)C#CCCC23CCC4C5(C=O)CC6(CCC7CC(c8ccccc8)CCC76)C(O)C6CCC(C(C)C7CCCC7)CC(C(O)C4(O)C2(O)CC2CC1C1OC(=O)C=C1C23)C65O. The Morgan fingerprint density at radius 1 is 0.822 bits per heavy atom. The van der Waals surface area contributed by atoms with Gasteiger partial charge >= 0.3 is 5.97 Å². The number of aliphatic hydroxyl groups is 6. The molecular formula is C63H81NO9. The van der Waals surface area contributed by atoms with E-state index in [1.807, 2.05) is 25.2 Å². The normalized spacial score (nSPS) is 48.9. The summed E-state index contributed by atoms with van der Waals surface area (Å²) in [7, 11) is 1.92. The topological polar surface area (TPSA) is 177 Å². The van der Waals surface area contributed by atoms with Crippen LogP contribution in [0.5, 0.6) is 0 Å². The maximum atomic E-state index is 15.3. The number of esters is 1. The first-order chi connectivity index (χ1) is 35.2. The van der Waals surface area contributed by atoms with Gasteiger partial charge in [0.25, 0.3) is 0 Å². The predicted octanol–water partition coefficient (Wildman–Crippen LogP) is 7.72. The second-order valence-electron chi connectivity index (χ2n) is 26.6. The van der Waals surface area contributed by atoms with Crippen molar-refractivity contribution in [1.82, 2.24) is 5.32 Å². The summed E-state index contributed by atoms with van der Waals surface area (Å²) in [6.07, 6.45) is 13.5. The minimum atomic E-state index is -2.23. The molecule has 10 heteroatoms. The molecule has 21 unspecified atom stereocenters. The van der Waals surface area contributed by atoms with E-state index in [1.165, 1.54) is 18.4 Å². The van der Waals surface area contributed by atoms with Gasteiger partial charge in [0.1, 0.15) is 23.6 Å². The lowest BCUT2D eigenvalue weighted by atomic mass is 9.32. The standard InChI is InChI=1S/C63H81NO9/c1-36(37-11-6-7-12-37)40-18-21-49-56(68)58(25-22-42-27-41(19-20-48(42)58)38-13-4-3-5-14-38)34-60(35-66)52-23-26-59-24-9-8-15-39-16-10-17-43(33-65)45(39)30-51(64-2)46-28-44(54(59)47-31-53(67)73-55(46)47)32-61(59,70)63(52,72)57(69)50(29-40)62(49,60)71/h3-5,10,13-14,16-17,31,35-37,40-42,44,46,48-52,54-57,64-65,68-72H,6-7,9,11-12,18-30,32-34H2,1-2H3. The van der Waals surface area contributed by atoms with Gasteiger partial charge in [0, 0.05) is 58.6 Å². The molecule has 73 heavy (non-hydrogen) atoms. The van der Waals surface area contributed by atoms with Crippen LogP contribution in [0.1, 0.15) is 157 Å². The highest BCUT2D eigenvalue weighted by Gasteiger charge is 2.87. The molecule has 14 rings (SSSR count). The number of rotatable bonds is 6. The zero-order valence-corrected chi connectivity index (χ0v) is 43.3. The van der Waals surface area contributed by atoms with E-state index in [2.05, 4.69) is 54.4 Å². The highest BCUT2D eigenvalue weighted by atomic mass is 16.5. The van der Waals surface area contributed by atoms with E-state index < -0.39 is 75.1 Å². The summed E-state index contributed by atoms with van der Waals surface area (Å²) in [6.45, 7) is 2.21. The van der Waals surface area contributed by atoms with Crippen LogP contribution in [0, 0.1) is 93.2 Å². The average Bonchev–Trinajstić information content (AvgIpc) is 4.19. The molecule has 9 fully saturated rings. The molecule has 0 aromatic heterocycles. The summed E-state index contributed by atoms with van der Waals surface area (Å²) in [5.74, 6) is 4.90. The third kappa shape index (κ3) is 6.49. The number of aliphatic hydroxyl groups excluding tert-OH is 3. The Bertz CT molecular complexity index is 2600. The summed E-state index contributed by atoms with van der Waals surface area (Å²) in [5.41, 5.74) is -4.51. The van der Waals surface area contributed by atoms with Crippen LogP contribution in [0.3, 0.4) is 0 Å². The third-order valence-corrected chi connectivity index (χ3v) is 24.8. The number of hydrogen-bond acceptors (Lipinski definition) is 10. The Morgan fingerprint density at radius 2 is 1.62 bits per heavy atom. The van der Waals surface area contributed by atoms with Crippen molar-refractivity contribution < 1.29 is 45.0 Å². The number of carbonyl (C=O) groups is 2. The molecule has 2 aromatic carbocycles. The van der Waals surface area contributed by atoms with Gasteiger partial charge in [-0.3, -0.25) is 0 Å². The van der Waals surface area contributed by atoms with E-state index in [0.717, 1.165) is 79.9 Å². The molecule has 0 saturated heterocycles. The second kappa shape index (κ2) is 17.6. The lowest BCUT2D eigenvalue weighted by molar-refractivity contribution is -0.385. The van der Waals surface area contributed by atoms with E-state index in [1.54, 1.807) is 6.08 Å². The van der Waals surface area contributed by atoms with Crippen molar-refractivity contribution in [3.8, 4) is 11.8 Å². The zero-order chi connectivity index (χ0) is 50.5. The quantitative estimate of drug-likeness (QED) is 0.0863. The summed E-state index contributed by atoms with van der Waals surface area (Å²) >= 11 is 0. The number of carbonyl (C=O) groups excluding carboxylic acids is 2. The van der Waals surface area contributed by atoms with Gasteiger partial charge in [-0.15, -0.1) is 0 Å². The van der Waals surface area contributed by atoms with Gasteiger partial charge < -0.3 is 45.5 Å². The Hall–Kier alpha value is -3.40. The van der Waals surface area contributed by atoms with Crippen molar-refractivity contribution in [2.24, 2.45) is 81.3 Å². The molecule has 11 aliphatic carbocycles. The minimum absolute atomic E-state index is 0.0821. The van der Waals surface area contributed by atoms with Crippen molar-refractivity contribution in [1.29, 1.82) is 0 Å². The predicted molar refractivity (Wildman–Crippen MR) is 275 cm³/mol. The summed E-state index contributed by atoms with van der Waals surface area (Å²) in [6, 6.07) is 16.5. The summed E-state index contributed by atoms with van der Waals surface area (Å²) in [4.78, 5) is 29.0. The molecule has 7 N–H and O–H groups in total. The highest BCUT2D eigenvalue weighted by molar-refractivity contribution is 5.86. The smallest absolute Gasteiger partial charge is 0.331 e. The first-order valence-corrected chi connectivity index (χ1v) is 29.1. The van der Waals surface area contributed by atoms with Gasteiger partial charge in [0.15, 0.2) is 0 Å². The van der Waals surface area contributed by atoms with Crippen molar-refractivity contribution >= 4 is 12.3 Å². The Morgan fingerprint density at radius 3 is 2.38 bits per heavy atom. The van der Waals surface area contributed by atoms with Gasteiger partial charge in [0.05, 0.1) is 29.8 Å². The van der Waals surface area contributed by atoms with Gasteiger partial charge in [-0.25, -0.2) is 4.79 Å². The van der Waals surface area contributed by atoms with Crippen molar-refractivity contribution in [2.75, 3.05) is 7.05 Å². The van der Waals surface area contributed by atoms with Gasteiger partial charge in [-0.2, -0.15) is 0 Å². The Labute approximate surface area is 432 Å². The van der Waals surface area contributed by atoms with Crippen LogP contribution in [0.2, 0.25) is 0 Å². The molecule has 392 valence electrons. The lowest BCUT2D eigenvalue weighted by Gasteiger charge is -2.75. The number of ether oxygens (including phenoxy) is 1. The van der Waals surface area contributed by atoms with Gasteiger partial charge in [0.2, 0.25) is 0 Å². The maximum Gasteiger partial charge on any atom is 0.331 e. The van der Waals surface area contributed by atoms with Crippen LogP contribution in [-0.4, -0.2) is 91.1 Å². The van der Waals surface area contributed by atoms with Crippen LogP contribution in [0.15, 0.2) is 60.2 Å².